The molecule has 1 aromatic heterocycles. The summed E-state index contributed by atoms with van der Waals surface area (Å²) in [6.45, 7) is 2.79. The van der Waals surface area contributed by atoms with Crippen molar-refractivity contribution in [3.8, 4) is 0 Å². The molecule has 1 aromatic rings. The smallest absolute Gasteiger partial charge is 0.222 e. The molecular weight excluding hydrogens is 244 g/mol. The number of aryl methyl sites for hydroxylation is 1. The molecule has 1 fully saturated rings. The third-order valence-electron chi connectivity index (χ3n) is 3.78. The largest absolute Gasteiger partial charge is 0.351 e. The predicted octanol–water partition coefficient (Wildman–Crippen LogP) is 2.59. The average molecular weight is 266 g/mol. The van der Waals surface area contributed by atoms with Crippen molar-refractivity contribution in [2.75, 3.05) is 0 Å². The van der Waals surface area contributed by atoms with Crippen LogP contribution in [0.4, 0.5) is 0 Å². The van der Waals surface area contributed by atoms with Gasteiger partial charge >= 0.3 is 0 Å². The lowest BCUT2D eigenvalue weighted by Gasteiger charge is -2.22. The minimum atomic E-state index is -0.243. The van der Waals surface area contributed by atoms with Crippen LogP contribution >= 0.6 is 11.3 Å². The van der Waals surface area contributed by atoms with E-state index in [2.05, 4.69) is 23.7 Å². The number of thiophene rings is 1. The summed E-state index contributed by atoms with van der Waals surface area (Å²) in [5.41, 5.74) is 7.30. The van der Waals surface area contributed by atoms with Crippen LogP contribution in [0, 0.1) is 0 Å². The van der Waals surface area contributed by atoms with E-state index in [9.17, 15) is 4.79 Å². The quantitative estimate of drug-likeness (QED) is 0.860. The Bertz CT molecular complexity index is 408. The number of nitrogens with two attached hydrogens (primary N) is 1. The first-order valence-electron chi connectivity index (χ1n) is 6.74. The fourth-order valence-corrected chi connectivity index (χ4v) is 3.57. The summed E-state index contributed by atoms with van der Waals surface area (Å²) in [5, 5.41) is 5.09. The lowest BCUT2D eigenvalue weighted by molar-refractivity contribution is -0.122. The molecule has 1 amide bonds. The lowest BCUT2D eigenvalue weighted by Crippen LogP contribution is -2.41. The number of nitrogens with one attached hydrogen (secondary N) is 1. The highest BCUT2D eigenvalue weighted by Gasteiger charge is 2.31. The Morgan fingerprint density at radius 3 is 2.89 bits per heavy atom. The highest BCUT2D eigenvalue weighted by atomic mass is 32.1. The van der Waals surface area contributed by atoms with Crippen LogP contribution in [0.2, 0.25) is 0 Å². The van der Waals surface area contributed by atoms with Crippen molar-refractivity contribution in [2.45, 2.75) is 57.5 Å². The second kappa shape index (κ2) is 5.85. The molecule has 0 saturated heterocycles. The zero-order valence-corrected chi connectivity index (χ0v) is 11.8. The molecule has 2 rings (SSSR count). The van der Waals surface area contributed by atoms with Crippen molar-refractivity contribution in [3.05, 3.63) is 21.9 Å². The van der Waals surface area contributed by atoms with Gasteiger partial charge in [0.25, 0.3) is 0 Å². The first-order chi connectivity index (χ1) is 8.63. The molecule has 3 N–H and O–H groups in total. The van der Waals surface area contributed by atoms with Crippen LogP contribution in [0.5, 0.6) is 0 Å². The van der Waals surface area contributed by atoms with Gasteiger partial charge in [-0.3, -0.25) is 4.79 Å². The molecule has 0 radical (unpaired) electrons. The number of carbonyl (C=O) groups excluding carboxylic acids is 1. The Morgan fingerprint density at radius 1 is 1.50 bits per heavy atom. The van der Waals surface area contributed by atoms with Crippen molar-refractivity contribution in [1.82, 2.24) is 5.32 Å². The van der Waals surface area contributed by atoms with Gasteiger partial charge in [0.15, 0.2) is 0 Å². The van der Waals surface area contributed by atoms with E-state index in [1.54, 1.807) is 11.3 Å². The normalized spacial score (nSPS) is 17.9. The zero-order chi connectivity index (χ0) is 13.0. The van der Waals surface area contributed by atoms with Crippen LogP contribution in [-0.2, 0) is 17.8 Å². The van der Waals surface area contributed by atoms with Gasteiger partial charge in [0, 0.05) is 16.8 Å². The predicted molar refractivity (Wildman–Crippen MR) is 75.5 cm³/mol. The van der Waals surface area contributed by atoms with Gasteiger partial charge in [0.1, 0.15) is 0 Å². The van der Waals surface area contributed by atoms with Gasteiger partial charge in [-0.05, 0) is 36.3 Å². The van der Waals surface area contributed by atoms with E-state index in [0.717, 1.165) is 32.1 Å². The summed E-state index contributed by atoms with van der Waals surface area (Å²) in [4.78, 5) is 13.2. The van der Waals surface area contributed by atoms with Crippen molar-refractivity contribution in [2.24, 2.45) is 5.73 Å². The molecule has 1 aliphatic carbocycles. The van der Waals surface area contributed by atoms with E-state index in [1.165, 1.54) is 10.4 Å². The highest BCUT2D eigenvalue weighted by Crippen LogP contribution is 2.29. The summed E-state index contributed by atoms with van der Waals surface area (Å²) in [6, 6.07) is 2.13. The molecule has 0 aromatic carbocycles. The van der Waals surface area contributed by atoms with Gasteiger partial charge in [-0.15, -0.1) is 11.3 Å². The topological polar surface area (TPSA) is 55.1 Å². The van der Waals surface area contributed by atoms with Gasteiger partial charge in [0.05, 0.1) is 6.54 Å². The van der Waals surface area contributed by atoms with Crippen LogP contribution in [0.25, 0.3) is 0 Å². The number of amides is 1. The second-order valence-corrected chi connectivity index (χ2v) is 6.25. The third-order valence-corrected chi connectivity index (χ3v) is 4.74. The van der Waals surface area contributed by atoms with Crippen molar-refractivity contribution in [3.63, 3.8) is 0 Å². The fourth-order valence-electron chi connectivity index (χ4n) is 2.65. The zero-order valence-electron chi connectivity index (χ0n) is 11.0. The molecule has 0 unspecified atom stereocenters. The van der Waals surface area contributed by atoms with Crippen LogP contribution < -0.4 is 11.1 Å². The molecular formula is C14H22N2OS. The molecule has 0 bridgehead atoms. The Morgan fingerprint density at radius 2 is 2.22 bits per heavy atom. The minimum absolute atomic E-state index is 0.0925. The maximum Gasteiger partial charge on any atom is 0.222 e. The van der Waals surface area contributed by atoms with Crippen molar-refractivity contribution in [1.29, 1.82) is 0 Å². The summed E-state index contributed by atoms with van der Waals surface area (Å²) < 4.78 is 0. The van der Waals surface area contributed by atoms with E-state index >= 15 is 0 Å². The molecule has 1 saturated carbocycles. The highest BCUT2D eigenvalue weighted by molar-refractivity contribution is 7.10. The molecule has 3 nitrogen and oxygen atoms in total. The van der Waals surface area contributed by atoms with Gasteiger partial charge in [0.2, 0.25) is 5.91 Å². The van der Waals surface area contributed by atoms with Crippen molar-refractivity contribution >= 4 is 17.2 Å². The number of hydrogen-bond acceptors (Lipinski definition) is 3. The second-order valence-electron chi connectivity index (χ2n) is 5.25. The van der Waals surface area contributed by atoms with Crippen LogP contribution in [-0.4, -0.2) is 11.4 Å². The molecule has 0 spiro atoms. The number of hydrogen-bond donors (Lipinski definition) is 2. The Hall–Kier alpha value is -0.870. The summed E-state index contributed by atoms with van der Waals surface area (Å²) in [6.07, 6.45) is 5.79. The minimum Gasteiger partial charge on any atom is -0.351 e. The fraction of sp³-hybridized carbons (Fsp3) is 0.643. The van der Waals surface area contributed by atoms with E-state index in [4.69, 9.17) is 5.73 Å². The number of rotatable bonds is 5. The standard InChI is InChI=1S/C14H22N2OS/c1-2-11-5-8-18-12(11)10-16-13(17)9-14(15)6-3-4-7-14/h5,8H,2-4,6-7,9-10,15H2,1H3,(H,16,17). The van der Waals surface area contributed by atoms with Crippen LogP contribution in [0.15, 0.2) is 11.4 Å². The average Bonchev–Trinajstić information content (AvgIpc) is 2.95. The SMILES string of the molecule is CCc1ccsc1CNC(=O)CC1(N)CCCC1. The van der Waals surface area contributed by atoms with Gasteiger partial charge in [-0.1, -0.05) is 19.8 Å². The molecule has 100 valence electrons. The van der Waals surface area contributed by atoms with Crippen molar-refractivity contribution < 1.29 is 4.79 Å². The molecule has 0 aliphatic heterocycles. The van der Waals surface area contributed by atoms with E-state index in [-0.39, 0.29) is 11.4 Å². The molecule has 1 heterocycles. The van der Waals surface area contributed by atoms with Gasteiger partial charge < -0.3 is 11.1 Å². The van der Waals surface area contributed by atoms with E-state index in [1.807, 2.05) is 0 Å². The Labute approximate surface area is 113 Å². The summed E-state index contributed by atoms with van der Waals surface area (Å²) in [5.74, 6) is 0.0925. The molecule has 0 atom stereocenters. The van der Waals surface area contributed by atoms with E-state index < -0.39 is 0 Å². The van der Waals surface area contributed by atoms with Crippen LogP contribution in [0.1, 0.15) is 49.5 Å². The van der Waals surface area contributed by atoms with Crippen LogP contribution in [0.3, 0.4) is 0 Å². The molecule has 18 heavy (non-hydrogen) atoms. The Balaban J connectivity index is 1.81. The molecule has 4 heteroatoms. The first kappa shape index (κ1) is 13.6. The van der Waals surface area contributed by atoms with Gasteiger partial charge in [-0.2, -0.15) is 0 Å². The van der Waals surface area contributed by atoms with E-state index in [0.29, 0.717) is 13.0 Å². The lowest BCUT2D eigenvalue weighted by atomic mass is 9.94. The maximum atomic E-state index is 11.9. The summed E-state index contributed by atoms with van der Waals surface area (Å²) in [7, 11) is 0. The monoisotopic (exact) mass is 266 g/mol. The Kier molecular flexibility index (Phi) is 4.40. The molecule has 1 aliphatic rings. The first-order valence-corrected chi connectivity index (χ1v) is 7.62. The van der Waals surface area contributed by atoms with Gasteiger partial charge in [-0.25, -0.2) is 0 Å². The summed E-state index contributed by atoms with van der Waals surface area (Å²) >= 11 is 1.71. The number of carbonyl (C=O) groups is 1. The maximum absolute atomic E-state index is 11.9. The third kappa shape index (κ3) is 3.33.